The average Bonchev–Trinajstić information content (AvgIpc) is 2.62. The zero-order valence-electron chi connectivity index (χ0n) is 19.0. The van der Waals surface area contributed by atoms with E-state index in [0.29, 0.717) is 12.8 Å². The molecule has 28 heavy (non-hydrogen) atoms. The van der Waals surface area contributed by atoms with Crippen molar-refractivity contribution < 1.29 is 47.6 Å². The first-order chi connectivity index (χ1) is 12.9. The van der Waals surface area contributed by atoms with Gasteiger partial charge in [0.15, 0.2) is 0 Å². The maximum Gasteiger partial charge on any atom is 1.00 e. The smallest absolute Gasteiger partial charge is 0.748 e. The maximum atomic E-state index is 11.5. The molecule has 0 aliphatic rings. The second kappa shape index (κ2) is 21.1. The maximum absolute atomic E-state index is 11.5. The summed E-state index contributed by atoms with van der Waals surface area (Å²) < 4.78 is 34.4. The van der Waals surface area contributed by atoms with E-state index in [-0.39, 0.29) is 35.7 Å². The van der Waals surface area contributed by atoms with Crippen LogP contribution in [0.15, 0.2) is 0 Å². The van der Waals surface area contributed by atoms with Crippen LogP contribution in [0.5, 0.6) is 0 Å². The van der Waals surface area contributed by atoms with Crippen LogP contribution in [-0.4, -0.2) is 29.4 Å². The van der Waals surface area contributed by atoms with E-state index in [9.17, 15) is 18.1 Å². The van der Waals surface area contributed by atoms with Gasteiger partial charge in [0, 0.05) is 5.25 Å². The second-order valence-corrected chi connectivity index (χ2v) is 9.79. The SMILES string of the molecule is CCCCCCCCCC(CCCCCCCCCC(O)CC)S(=O)(=O)[O-].[Na+]. The van der Waals surface area contributed by atoms with E-state index in [0.717, 1.165) is 70.6 Å². The first-order valence-electron chi connectivity index (χ1n) is 11.5. The van der Waals surface area contributed by atoms with Crippen molar-refractivity contribution >= 4 is 10.1 Å². The van der Waals surface area contributed by atoms with Crippen molar-refractivity contribution in [3.05, 3.63) is 0 Å². The summed E-state index contributed by atoms with van der Waals surface area (Å²) in [5.41, 5.74) is 0. The number of aliphatic hydroxyl groups is 1. The molecule has 164 valence electrons. The number of unbranched alkanes of at least 4 members (excludes halogenated alkanes) is 12. The third-order valence-electron chi connectivity index (χ3n) is 5.57. The topological polar surface area (TPSA) is 77.4 Å². The summed E-state index contributed by atoms with van der Waals surface area (Å²) in [6, 6.07) is 0. The van der Waals surface area contributed by atoms with Crippen LogP contribution >= 0.6 is 0 Å². The molecule has 0 saturated heterocycles. The van der Waals surface area contributed by atoms with Crippen LogP contribution in [0.3, 0.4) is 0 Å². The van der Waals surface area contributed by atoms with Gasteiger partial charge in [-0.25, -0.2) is 8.42 Å². The Bertz CT molecular complexity index is 415. The van der Waals surface area contributed by atoms with Crippen molar-refractivity contribution in [3.63, 3.8) is 0 Å². The van der Waals surface area contributed by atoms with Crippen LogP contribution in [0, 0.1) is 0 Å². The molecule has 0 aliphatic heterocycles. The van der Waals surface area contributed by atoms with E-state index in [1.165, 1.54) is 32.1 Å². The Hall–Kier alpha value is 0.870. The third kappa shape index (κ3) is 20.2. The van der Waals surface area contributed by atoms with Crippen molar-refractivity contribution in [1.29, 1.82) is 0 Å². The number of hydrogen-bond acceptors (Lipinski definition) is 4. The van der Waals surface area contributed by atoms with Crippen molar-refractivity contribution in [2.24, 2.45) is 0 Å². The molecule has 0 spiro atoms. The van der Waals surface area contributed by atoms with Crippen LogP contribution in [0.4, 0.5) is 0 Å². The molecule has 0 rings (SSSR count). The van der Waals surface area contributed by atoms with Crippen molar-refractivity contribution in [3.8, 4) is 0 Å². The summed E-state index contributed by atoms with van der Waals surface area (Å²) in [7, 11) is -4.16. The minimum absolute atomic E-state index is 0. The molecular weight excluding hydrogens is 383 g/mol. The molecule has 0 aromatic carbocycles. The van der Waals surface area contributed by atoms with Gasteiger partial charge in [-0.15, -0.1) is 0 Å². The predicted molar refractivity (Wildman–Crippen MR) is 114 cm³/mol. The van der Waals surface area contributed by atoms with Gasteiger partial charge in [0.1, 0.15) is 0 Å². The Balaban J connectivity index is 0. The van der Waals surface area contributed by atoms with E-state index in [2.05, 4.69) is 6.92 Å². The Morgan fingerprint density at radius 2 is 1.04 bits per heavy atom. The molecule has 4 nitrogen and oxygen atoms in total. The Morgan fingerprint density at radius 1 is 0.679 bits per heavy atom. The summed E-state index contributed by atoms with van der Waals surface area (Å²) >= 11 is 0. The van der Waals surface area contributed by atoms with E-state index in [4.69, 9.17) is 0 Å². The van der Waals surface area contributed by atoms with Gasteiger partial charge >= 0.3 is 29.6 Å². The van der Waals surface area contributed by atoms with Crippen molar-refractivity contribution in [2.75, 3.05) is 0 Å². The van der Waals surface area contributed by atoms with Gasteiger partial charge < -0.3 is 9.66 Å². The Labute approximate surface area is 197 Å². The van der Waals surface area contributed by atoms with Gasteiger partial charge in [-0.2, -0.15) is 0 Å². The molecule has 0 aromatic heterocycles. The van der Waals surface area contributed by atoms with Crippen LogP contribution < -0.4 is 29.6 Å². The first-order valence-corrected chi connectivity index (χ1v) is 13.0. The quantitative estimate of drug-likeness (QED) is 0.183. The molecule has 1 N–H and O–H groups in total. The zero-order chi connectivity index (χ0) is 20.4. The van der Waals surface area contributed by atoms with E-state index >= 15 is 0 Å². The molecule has 0 fully saturated rings. The number of aliphatic hydroxyl groups excluding tert-OH is 1. The summed E-state index contributed by atoms with van der Waals surface area (Å²) in [5, 5.41) is 8.82. The second-order valence-electron chi connectivity index (χ2n) is 8.14. The standard InChI is InChI=1S/C22H46O4S.Na/c1-3-5-6-7-9-13-16-19-22(27(24,25)26)20-17-14-11-8-10-12-15-18-21(23)4-2;/h21-23H,3-20H2,1-2H3,(H,24,25,26);/q;+1/p-1. The molecular formula is C22H45NaO4S. The zero-order valence-corrected chi connectivity index (χ0v) is 21.8. The van der Waals surface area contributed by atoms with Gasteiger partial charge in [0.2, 0.25) is 0 Å². The molecule has 0 radical (unpaired) electrons. The fourth-order valence-corrected chi connectivity index (χ4v) is 4.51. The van der Waals surface area contributed by atoms with Crippen molar-refractivity contribution in [2.45, 2.75) is 141 Å². The predicted octanol–water partition coefficient (Wildman–Crippen LogP) is 3.33. The summed E-state index contributed by atoms with van der Waals surface area (Å²) in [4.78, 5) is 0. The van der Waals surface area contributed by atoms with Gasteiger partial charge in [0.05, 0.1) is 16.2 Å². The van der Waals surface area contributed by atoms with Crippen LogP contribution in [0.2, 0.25) is 0 Å². The van der Waals surface area contributed by atoms with Crippen LogP contribution in [0.25, 0.3) is 0 Å². The van der Waals surface area contributed by atoms with Crippen molar-refractivity contribution in [1.82, 2.24) is 0 Å². The molecule has 0 aromatic rings. The van der Waals surface area contributed by atoms with E-state index < -0.39 is 15.4 Å². The Kier molecular flexibility index (Phi) is 23.4. The molecule has 2 atom stereocenters. The first kappa shape index (κ1) is 31.1. The Morgan fingerprint density at radius 3 is 1.39 bits per heavy atom. The minimum atomic E-state index is -4.16. The largest absolute Gasteiger partial charge is 1.00 e. The summed E-state index contributed by atoms with van der Waals surface area (Å²) in [5.74, 6) is 0. The normalized spacial score (nSPS) is 13.9. The molecule has 0 aliphatic carbocycles. The summed E-state index contributed by atoms with van der Waals surface area (Å²) in [6.45, 7) is 4.20. The molecule has 0 saturated carbocycles. The third-order valence-corrected chi connectivity index (χ3v) is 6.86. The molecule has 0 amide bonds. The fourth-order valence-electron chi connectivity index (χ4n) is 3.60. The van der Waals surface area contributed by atoms with Gasteiger partial charge in [-0.1, -0.05) is 104 Å². The number of rotatable bonds is 20. The van der Waals surface area contributed by atoms with Crippen LogP contribution in [0.1, 0.15) is 129 Å². The average molecular weight is 429 g/mol. The number of hydrogen-bond donors (Lipinski definition) is 1. The molecule has 6 heteroatoms. The van der Waals surface area contributed by atoms with E-state index in [1.54, 1.807) is 0 Å². The van der Waals surface area contributed by atoms with Gasteiger partial charge in [0.25, 0.3) is 0 Å². The van der Waals surface area contributed by atoms with Gasteiger partial charge in [-0.05, 0) is 25.7 Å². The summed E-state index contributed by atoms with van der Waals surface area (Å²) in [6.07, 6.45) is 18.3. The molecule has 0 bridgehead atoms. The minimum Gasteiger partial charge on any atom is -0.748 e. The monoisotopic (exact) mass is 428 g/mol. The fraction of sp³-hybridized carbons (Fsp3) is 1.00. The van der Waals surface area contributed by atoms with Gasteiger partial charge in [-0.3, -0.25) is 0 Å². The molecule has 0 heterocycles. The van der Waals surface area contributed by atoms with Crippen LogP contribution in [-0.2, 0) is 10.1 Å². The molecule has 2 unspecified atom stereocenters. The van der Waals surface area contributed by atoms with E-state index in [1.807, 2.05) is 6.92 Å².